The highest BCUT2D eigenvalue weighted by Gasteiger charge is 2.36. The van der Waals surface area contributed by atoms with E-state index in [4.69, 9.17) is 9.47 Å². The second-order valence-electron chi connectivity index (χ2n) is 8.34. The molecule has 0 aromatic heterocycles. The number of carbonyl (C=O) groups is 3. The molecule has 1 aliphatic rings. The normalized spacial score (nSPS) is 15.3. The second-order valence-corrected chi connectivity index (χ2v) is 8.34. The number of nitrogens with one attached hydrogen (secondary N) is 3. The van der Waals surface area contributed by atoms with Crippen molar-refractivity contribution >= 4 is 29.4 Å². The molecule has 1 unspecified atom stereocenters. The summed E-state index contributed by atoms with van der Waals surface area (Å²) in [7, 11) is 1.50. The van der Waals surface area contributed by atoms with Crippen LogP contribution in [-0.2, 0) is 14.3 Å². The van der Waals surface area contributed by atoms with E-state index in [1.54, 1.807) is 31.2 Å². The predicted molar refractivity (Wildman–Crippen MR) is 134 cm³/mol. The van der Waals surface area contributed by atoms with Crippen molar-refractivity contribution in [3.63, 3.8) is 0 Å². The van der Waals surface area contributed by atoms with Gasteiger partial charge in [0.05, 0.1) is 23.9 Å². The van der Waals surface area contributed by atoms with Gasteiger partial charge in [-0.25, -0.2) is 23.2 Å². The number of esters is 1. The van der Waals surface area contributed by atoms with E-state index in [0.717, 1.165) is 25.0 Å². The van der Waals surface area contributed by atoms with E-state index in [-0.39, 0.29) is 24.9 Å². The lowest BCUT2D eigenvalue weighted by atomic mass is 9.94. The maximum Gasteiger partial charge on any atom is 0.338 e. The van der Waals surface area contributed by atoms with E-state index in [2.05, 4.69) is 16.0 Å². The lowest BCUT2D eigenvalue weighted by Crippen LogP contribution is -2.48. The Bertz CT molecular complexity index is 1170. The third-order valence-electron chi connectivity index (χ3n) is 5.75. The van der Waals surface area contributed by atoms with Crippen molar-refractivity contribution in [2.45, 2.75) is 32.7 Å². The molecule has 0 bridgehead atoms. The second kappa shape index (κ2) is 12.8. The van der Waals surface area contributed by atoms with Gasteiger partial charge in [-0.15, -0.1) is 0 Å². The van der Waals surface area contributed by atoms with Gasteiger partial charge >= 0.3 is 18.0 Å². The van der Waals surface area contributed by atoms with E-state index >= 15 is 0 Å². The van der Waals surface area contributed by atoms with Crippen LogP contribution in [-0.4, -0.2) is 49.8 Å². The minimum atomic E-state index is -0.904. The summed E-state index contributed by atoms with van der Waals surface area (Å²) in [5.41, 5.74) is 1.60. The van der Waals surface area contributed by atoms with Crippen LogP contribution in [0.5, 0.6) is 0 Å². The Morgan fingerprint density at radius 1 is 1.08 bits per heavy atom. The molecule has 0 aliphatic carbocycles. The highest BCUT2D eigenvalue weighted by atomic mass is 19.1. The maximum atomic E-state index is 13.8. The van der Waals surface area contributed by atoms with Crippen molar-refractivity contribution in [3.05, 3.63) is 70.9 Å². The highest BCUT2D eigenvalue weighted by molar-refractivity contribution is 6.00. The molecule has 1 heterocycles. The van der Waals surface area contributed by atoms with Gasteiger partial charge < -0.3 is 25.4 Å². The summed E-state index contributed by atoms with van der Waals surface area (Å²) in [6, 6.07) is 7.45. The summed E-state index contributed by atoms with van der Waals surface area (Å²) < 4.78 is 37.2. The fourth-order valence-electron chi connectivity index (χ4n) is 3.81. The molecule has 198 valence electrons. The largest absolute Gasteiger partial charge is 0.460 e. The van der Waals surface area contributed by atoms with Crippen LogP contribution in [0.1, 0.15) is 38.3 Å². The van der Waals surface area contributed by atoms with Crippen LogP contribution >= 0.6 is 0 Å². The average Bonchev–Trinajstić information content (AvgIpc) is 2.86. The molecular weight excluding hydrogens is 486 g/mol. The summed E-state index contributed by atoms with van der Waals surface area (Å²) in [6.45, 7) is 4.48. The minimum Gasteiger partial charge on any atom is -0.460 e. The van der Waals surface area contributed by atoms with Crippen LogP contribution in [0.3, 0.4) is 0 Å². The van der Waals surface area contributed by atoms with E-state index in [9.17, 15) is 23.2 Å². The quantitative estimate of drug-likeness (QED) is 0.306. The zero-order valence-corrected chi connectivity index (χ0v) is 20.9. The first kappa shape index (κ1) is 27.6. The first-order valence-electron chi connectivity index (χ1n) is 11.8. The molecule has 4 amide bonds. The average molecular weight is 517 g/mol. The molecule has 0 radical (unpaired) electrons. The van der Waals surface area contributed by atoms with Crippen LogP contribution in [0.4, 0.5) is 29.7 Å². The number of hydrogen-bond acceptors (Lipinski definition) is 5. The van der Waals surface area contributed by atoms with Crippen molar-refractivity contribution in [2.75, 3.05) is 37.5 Å². The molecule has 3 rings (SSSR count). The molecule has 1 aliphatic heterocycles. The van der Waals surface area contributed by atoms with Crippen LogP contribution in [0, 0.1) is 11.6 Å². The Morgan fingerprint density at radius 3 is 2.46 bits per heavy atom. The number of unbranched alkanes of at least 4 members (excludes halogenated alkanes) is 1. The highest BCUT2D eigenvalue weighted by Crippen LogP contribution is 2.32. The lowest BCUT2D eigenvalue weighted by Gasteiger charge is -2.35. The number of nitrogens with zero attached hydrogens (tertiary/aromatic N) is 1. The monoisotopic (exact) mass is 516 g/mol. The van der Waals surface area contributed by atoms with Crippen molar-refractivity contribution < 1.29 is 32.6 Å². The molecule has 0 saturated heterocycles. The minimum absolute atomic E-state index is 0.0638. The molecule has 2 aromatic rings. The number of rotatable bonds is 10. The van der Waals surface area contributed by atoms with Crippen LogP contribution in [0.15, 0.2) is 53.7 Å². The molecule has 3 N–H and O–H groups in total. The molecule has 2 aromatic carbocycles. The van der Waals surface area contributed by atoms with E-state index in [1.807, 2.05) is 6.92 Å². The maximum absolute atomic E-state index is 13.8. The van der Waals surface area contributed by atoms with E-state index in [0.29, 0.717) is 35.1 Å². The fraction of sp³-hybridized carbons (Fsp3) is 0.346. The molecule has 0 spiro atoms. The summed E-state index contributed by atoms with van der Waals surface area (Å²) in [5, 5.41) is 7.74. The predicted octanol–water partition coefficient (Wildman–Crippen LogP) is 4.94. The SMILES string of the molecule is CCCCN1C(=O)NC(c2ccc(NC(=O)Nc3ccc(F)cc3F)cc2)C(C(=O)OCCOC)=C1C. The fourth-order valence-corrected chi connectivity index (χ4v) is 3.81. The molecule has 0 saturated carbocycles. The van der Waals surface area contributed by atoms with Crippen molar-refractivity contribution in [3.8, 4) is 0 Å². The molecular formula is C26H30F2N4O5. The Morgan fingerprint density at radius 2 is 1.81 bits per heavy atom. The summed E-state index contributed by atoms with van der Waals surface area (Å²) in [6.07, 6.45) is 1.65. The molecule has 0 fully saturated rings. The van der Waals surface area contributed by atoms with Gasteiger partial charge in [-0.3, -0.25) is 4.90 Å². The van der Waals surface area contributed by atoms with E-state index < -0.39 is 29.7 Å². The summed E-state index contributed by atoms with van der Waals surface area (Å²) >= 11 is 0. The number of amides is 4. The van der Waals surface area contributed by atoms with Gasteiger partial charge in [-0.1, -0.05) is 25.5 Å². The topological polar surface area (TPSA) is 109 Å². The van der Waals surface area contributed by atoms with Gasteiger partial charge in [0.2, 0.25) is 0 Å². The third kappa shape index (κ3) is 7.04. The number of benzene rings is 2. The summed E-state index contributed by atoms with van der Waals surface area (Å²) in [4.78, 5) is 39.6. The number of urea groups is 2. The van der Waals surface area contributed by atoms with Crippen LogP contribution in [0.25, 0.3) is 0 Å². The van der Waals surface area contributed by atoms with Gasteiger partial charge in [0.1, 0.15) is 18.2 Å². The zero-order chi connectivity index (χ0) is 26.9. The van der Waals surface area contributed by atoms with Gasteiger partial charge in [-0.2, -0.15) is 0 Å². The van der Waals surface area contributed by atoms with Crippen molar-refractivity contribution in [2.24, 2.45) is 0 Å². The van der Waals surface area contributed by atoms with E-state index in [1.165, 1.54) is 12.0 Å². The number of anilines is 2. The van der Waals surface area contributed by atoms with Gasteiger partial charge in [-0.05, 0) is 43.2 Å². The number of carbonyl (C=O) groups excluding carboxylic acids is 3. The Labute approximate surface area is 213 Å². The lowest BCUT2D eigenvalue weighted by molar-refractivity contribution is -0.140. The zero-order valence-electron chi connectivity index (χ0n) is 20.9. The standard InChI is InChI=1S/C26H30F2N4O5/c1-4-5-12-32-16(2)22(24(33)37-14-13-36-3)23(31-26(32)35)17-6-9-19(10-7-17)29-25(34)30-21-11-8-18(27)15-20(21)28/h6-11,15,23H,4-5,12-14H2,1-3H3,(H,31,35)(H2,29,30,34). The smallest absolute Gasteiger partial charge is 0.338 e. The Hall–Kier alpha value is -3.99. The summed E-state index contributed by atoms with van der Waals surface area (Å²) in [5.74, 6) is -2.23. The number of hydrogen-bond donors (Lipinski definition) is 3. The third-order valence-corrected chi connectivity index (χ3v) is 5.75. The van der Waals surface area contributed by atoms with Crippen LogP contribution in [0.2, 0.25) is 0 Å². The number of methoxy groups -OCH3 is 1. The first-order chi connectivity index (χ1) is 17.7. The van der Waals surface area contributed by atoms with Gasteiger partial charge in [0, 0.05) is 31.1 Å². The number of ether oxygens (including phenoxy) is 2. The molecule has 11 heteroatoms. The van der Waals surface area contributed by atoms with Gasteiger partial charge in [0.25, 0.3) is 0 Å². The van der Waals surface area contributed by atoms with Crippen molar-refractivity contribution in [1.82, 2.24) is 10.2 Å². The Kier molecular flexibility index (Phi) is 9.56. The van der Waals surface area contributed by atoms with Crippen molar-refractivity contribution in [1.29, 1.82) is 0 Å². The molecule has 37 heavy (non-hydrogen) atoms. The van der Waals surface area contributed by atoms with Gasteiger partial charge in [0.15, 0.2) is 0 Å². The van der Waals surface area contributed by atoms with Crippen LogP contribution < -0.4 is 16.0 Å². The number of halogens is 2. The number of allylic oxidation sites excluding steroid dienone is 1. The first-order valence-corrected chi connectivity index (χ1v) is 11.8. The molecule has 9 nitrogen and oxygen atoms in total. The Balaban J connectivity index is 1.79. The molecule has 1 atom stereocenters.